The Labute approximate surface area is 202 Å². The molecule has 0 aromatic heterocycles. The Balaban J connectivity index is 2.14. The molecule has 0 spiro atoms. The van der Waals surface area contributed by atoms with E-state index in [9.17, 15) is 13.5 Å². The molecule has 0 bridgehead atoms. The summed E-state index contributed by atoms with van der Waals surface area (Å²) in [6, 6.07) is 8.77. The standard InChI is InChI=1S/C27H42O4SSi/c1-25(2,3)33(7,8)31-24-15-17-27(6)16-14-20(28)18-22(27)23(19-26(24,4)5)32(29,30)21-12-10-9-11-13-21/h9-17,20,22-24,28H,18-19H2,1-8H3/b17-15-/t20-,22+,23+,24-,27-/m0/s1. The van der Waals surface area contributed by atoms with Crippen LogP contribution in [0.5, 0.6) is 0 Å². The van der Waals surface area contributed by atoms with E-state index in [2.05, 4.69) is 66.8 Å². The van der Waals surface area contributed by atoms with E-state index < -0.39 is 40.3 Å². The van der Waals surface area contributed by atoms with Crippen LogP contribution in [0.25, 0.3) is 0 Å². The van der Waals surface area contributed by atoms with Crippen LogP contribution in [0, 0.1) is 16.7 Å². The second-order valence-corrected chi connectivity index (χ2v) is 19.3. The first-order chi connectivity index (χ1) is 15.0. The van der Waals surface area contributed by atoms with Crippen molar-refractivity contribution >= 4 is 18.2 Å². The summed E-state index contributed by atoms with van der Waals surface area (Å²) >= 11 is 0. The Morgan fingerprint density at radius 1 is 1.03 bits per heavy atom. The summed E-state index contributed by atoms with van der Waals surface area (Å²) in [6.07, 6.45) is 8.19. The number of sulfone groups is 1. The lowest BCUT2D eigenvalue weighted by molar-refractivity contribution is 0.0641. The van der Waals surface area contributed by atoms with Crippen LogP contribution in [0.1, 0.15) is 54.4 Å². The molecule has 1 aromatic carbocycles. The van der Waals surface area contributed by atoms with Crippen molar-refractivity contribution < 1.29 is 18.0 Å². The van der Waals surface area contributed by atoms with Crippen molar-refractivity contribution in [3.8, 4) is 0 Å². The molecule has 0 saturated heterocycles. The second kappa shape index (κ2) is 8.78. The van der Waals surface area contributed by atoms with Crippen molar-refractivity contribution in [3.05, 3.63) is 54.6 Å². The van der Waals surface area contributed by atoms with E-state index in [1.807, 2.05) is 18.2 Å². The van der Waals surface area contributed by atoms with Crippen LogP contribution in [-0.4, -0.2) is 39.3 Å². The molecule has 3 rings (SSSR count). The monoisotopic (exact) mass is 490 g/mol. The molecule has 0 unspecified atom stereocenters. The Bertz CT molecular complexity index is 1000. The van der Waals surface area contributed by atoms with E-state index in [1.54, 1.807) is 24.3 Å². The molecule has 0 radical (unpaired) electrons. The van der Waals surface area contributed by atoms with Gasteiger partial charge < -0.3 is 9.53 Å². The van der Waals surface area contributed by atoms with Crippen LogP contribution in [0.2, 0.25) is 18.1 Å². The minimum absolute atomic E-state index is 0.0517. The Morgan fingerprint density at radius 3 is 2.18 bits per heavy atom. The van der Waals surface area contributed by atoms with Gasteiger partial charge in [0.25, 0.3) is 0 Å². The predicted molar refractivity (Wildman–Crippen MR) is 138 cm³/mol. The first-order valence-corrected chi connectivity index (χ1v) is 16.5. The van der Waals surface area contributed by atoms with Gasteiger partial charge in [-0.05, 0) is 54.4 Å². The van der Waals surface area contributed by atoms with Gasteiger partial charge in [-0.15, -0.1) is 0 Å². The van der Waals surface area contributed by atoms with Gasteiger partial charge in [-0.1, -0.05) is 84.0 Å². The number of fused-ring (bicyclic) bond motifs is 1. The fourth-order valence-electron chi connectivity index (χ4n) is 4.90. The lowest BCUT2D eigenvalue weighted by Gasteiger charge is -2.49. The van der Waals surface area contributed by atoms with Gasteiger partial charge in [-0.3, -0.25) is 0 Å². The fourth-order valence-corrected chi connectivity index (χ4v) is 8.66. The van der Waals surface area contributed by atoms with Crippen molar-refractivity contribution in [1.29, 1.82) is 0 Å². The molecule has 0 fully saturated rings. The number of benzene rings is 1. The molecule has 0 saturated carbocycles. The maximum atomic E-state index is 14.0. The van der Waals surface area contributed by atoms with Gasteiger partial charge in [-0.25, -0.2) is 8.42 Å². The van der Waals surface area contributed by atoms with Crippen molar-refractivity contribution in [2.75, 3.05) is 0 Å². The average Bonchev–Trinajstić information content (AvgIpc) is 2.70. The summed E-state index contributed by atoms with van der Waals surface area (Å²) in [6.45, 7) is 17.5. The van der Waals surface area contributed by atoms with Gasteiger partial charge in [-0.2, -0.15) is 0 Å². The summed E-state index contributed by atoms with van der Waals surface area (Å²) in [5.74, 6) is -0.230. The molecule has 2 aliphatic rings. The largest absolute Gasteiger partial charge is 0.410 e. The quantitative estimate of drug-likeness (QED) is 0.406. The molecule has 1 N–H and O–H groups in total. The lowest BCUT2D eigenvalue weighted by Crippen LogP contribution is -2.51. The Kier molecular flexibility index (Phi) is 7.02. The van der Waals surface area contributed by atoms with Gasteiger partial charge in [0.05, 0.1) is 22.4 Å². The molecule has 0 aliphatic heterocycles. The van der Waals surface area contributed by atoms with Crippen LogP contribution < -0.4 is 0 Å². The van der Waals surface area contributed by atoms with Gasteiger partial charge in [0.2, 0.25) is 0 Å². The topological polar surface area (TPSA) is 63.6 Å². The van der Waals surface area contributed by atoms with Gasteiger partial charge in [0.15, 0.2) is 18.2 Å². The number of aliphatic hydroxyl groups excluding tert-OH is 1. The van der Waals surface area contributed by atoms with Crippen molar-refractivity contribution in [3.63, 3.8) is 0 Å². The third-order valence-corrected chi connectivity index (χ3v) is 14.9. The zero-order valence-corrected chi connectivity index (χ0v) is 23.3. The summed E-state index contributed by atoms with van der Waals surface area (Å²) in [7, 11) is -5.71. The minimum atomic E-state index is -3.62. The van der Waals surface area contributed by atoms with E-state index in [-0.39, 0.29) is 17.1 Å². The SMILES string of the molecule is CC1(C)C[C@@H](S(=O)(=O)c2ccccc2)[C@H]2C[C@@H](O)C=C[C@@]2(C)/C=C\[C@@H]1O[Si](C)(C)C(C)(C)C. The van der Waals surface area contributed by atoms with Crippen LogP contribution in [0.4, 0.5) is 0 Å². The van der Waals surface area contributed by atoms with Gasteiger partial charge in [0.1, 0.15) is 0 Å². The predicted octanol–water partition coefficient (Wildman–Crippen LogP) is 6.15. The normalized spacial score (nSPS) is 33.6. The molecular weight excluding hydrogens is 448 g/mol. The van der Waals surface area contributed by atoms with Crippen molar-refractivity contribution in [2.45, 2.75) is 94.9 Å². The van der Waals surface area contributed by atoms with Crippen LogP contribution >= 0.6 is 0 Å². The maximum Gasteiger partial charge on any atom is 0.192 e. The molecule has 33 heavy (non-hydrogen) atoms. The highest BCUT2D eigenvalue weighted by Gasteiger charge is 2.51. The molecule has 6 heteroatoms. The number of rotatable bonds is 4. The number of hydrogen-bond donors (Lipinski definition) is 1. The molecule has 1 aromatic rings. The average molecular weight is 491 g/mol. The van der Waals surface area contributed by atoms with E-state index >= 15 is 0 Å². The van der Waals surface area contributed by atoms with Gasteiger partial charge in [0, 0.05) is 5.41 Å². The zero-order chi connectivity index (χ0) is 24.9. The highest BCUT2D eigenvalue weighted by atomic mass is 32.2. The maximum absolute atomic E-state index is 14.0. The molecule has 0 amide bonds. The number of allylic oxidation sites excluding steroid dienone is 2. The minimum Gasteiger partial charge on any atom is -0.410 e. The Hall–Kier alpha value is -1.21. The van der Waals surface area contributed by atoms with E-state index in [0.717, 1.165) is 0 Å². The van der Waals surface area contributed by atoms with E-state index in [0.29, 0.717) is 17.7 Å². The summed E-state index contributed by atoms with van der Waals surface area (Å²) in [5, 5.41) is 9.90. The first-order valence-electron chi connectivity index (χ1n) is 12.0. The molecule has 2 aliphatic carbocycles. The lowest BCUT2D eigenvalue weighted by atomic mass is 9.64. The summed E-state index contributed by atoms with van der Waals surface area (Å²) < 4.78 is 35.0. The Morgan fingerprint density at radius 2 is 1.61 bits per heavy atom. The highest BCUT2D eigenvalue weighted by molar-refractivity contribution is 7.92. The molecule has 5 atom stereocenters. The third kappa shape index (κ3) is 5.24. The number of hydrogen-bond acceptors (Lipinski definition) is 4. The molecule has 4 nitrogen and oxygen atoms in total. The van der Waals surface area contributed by atoms with Crippen LogP contribution in [0.3, 0.4) is 0 Å². The van der Waals surface area contributed by atoms with E-state index in [1.165, 1.54) is 0 Å². The zero-order valence-electron chi connectivity index (χ0n) is 21.5. The van der Waals surface area contributed by atoms with Gasteiger partial charge >= 0.3 is 0 Å². The highest BCUT2D eigenvalue weighted by Crippen LogP contribution is 2.50. The molecule has 184 valence electrons. The molecular formula is C27H42O4SSi. The summed E-state index contributed by atoms with van der Waals surface area (Å²) in [4.78, 5) is 0.351. The summed E-state index contributed by atoms with van der Waals surface area (Å²) in [5.41, 5.74) is -0.872. The molecule has 0 heterocycles. The third-order valence-electron chi connectivity index (χ3n) is 8.25. The van der Waals surface area contributed by atoms with Crippen molar-refractivity contribution in [2.24, 2.45) is 16.7 Å². The van der Waals surface area contributed by atoms with E-state index in [4.69, 9.17) is 4.43 Å². The fraction of sp³-hybridized carbons (Fsp3) is 0.630. The second-order valence-electron chi connectivity index (χ2n) is 12.4. The van der Waals surface area contributed by atoms with Crippen LogP contribution in [-0.2, 0) is 14.3 Å². The number of aliphatic hydroxyl groups is 1. The van der Waals surface area contributed by atoms with Crippen molar-refractivity contribution in [1.82, 2.24) is 0 Å². The van der Waals surface area contributed by atoms with Crippen LogP contribution in [0.15, 0.2) is 59.5 Å². The smallest absolute Gasteiger partial charge is 0.192 e. The first kappa shape index (κ1) is 26.4.